The molecule has 0 N–H and O–H groups in total. The van der Waals surface area contributed by atoms with E-state index in [2.05, 4.69) is 18.2 Å². The lowest BCUT2D eigenvalue weighted by Crippen LogP contribution is -2.12. The summed E-state index contributed by atoms with van der Waals surface area (Å²) in [5, 5.41) is 0. The predicted octanol–water partition coefficient (Wildman–Crippen LogP) is 1.23. The minimum Gasteiger partial charge on any atom is -0.368 e. The van der Waals surface area contributed by atoms with Gasteiger partial charge in [0.25, 0.3) is 0 Å². The van der Waals surface area contributed by atoms with E-state index in [4.69, 9.17) is 4.74 Å². The van der Waals surface area contributed by atoms with Crippen LogP contribution < -0.4 is 0 Å². The summed E-state index contributed by atoms with van der Waals surface area (Å²) in [4.78, 5) is 12.4. The van der Waals surface area contributed by atoms with Crippen LogP contribution >= 0.6 is 0 Å². The highest BCUT2D eigenvalue weighted by molar-refractivity contribution is 5.51. The highest BCUT2D eigenvalue weighted by Crippen LogP contribution is 2.32. The lowest BCUT2D eigenvalue weighted by Gasteiger charge is -2.04. The van der Waals surface area contributed by atoms with E-state index in [0.29, 0.717) is 6.10 Å². The summed E-state index contributed by atoms with van der Waals surface area (Å²) in [6.07, 6.45) is 1.22. The zero-order chi connectivity index (χ0) is 9.54. The van der Waals surface area contributed by atoms with Gasteiger partial charge in [0, 0.05) is 13.1 Å². The molecule has 0 aromatic heterocycles. The first-order chi connectivity index (χ1) is 6.86. The molecule has 0 spiro atoms. The maximum atomic E-state index is 10.6. The summed E-state index contributed by atoms with van der Waals surface area (Å²) in [5.41, 5.74) is 3.78. The maximum Gasteiger partial charge on any atom is 0.210 e. The number of benzene rings is 1. The molecule has 0 saturated carbocycles. The number of ether oxygens (including phenoxy) is 1. The van der Waals surface area contributed by atoms with E-state index in [-0.39, 0.29) is 0 Å². The monoisotopic (exact) mass is 189 g/mol. The zero-order valence-electron chi connectivity index (χ0n) is 7.77. The molecule has 3 heteroatoms. The van der Waals surface area contributed by atoms with Crippen LogP contribution in [0.4, 0.5) is 0 Å². The summed E-state index contributed by atoms with van der Waals surface area (Å²) in [6, 6.07) is 6.37. The van der Waals surface area contributed by atoms with Gasteiger partial charge in [-0.2, -0.15) is 0 Å². The molecule has 1 unspecified atom stereocenters. The minimum absolute atomic E-state index is 0.311. The number of hydrogen-bond donors (Lipinski definition) is 0. The second-order valence-corrected chi connectivity index (χ2v) is 3.86. The molecular weight excluding hydrogens is 178 g/mol. The Hall–Kier alpha value is -1.35. The number of carbonyl (C=O) groups excluding carboxylic acids is 1. The highest BCUT2D eigenvalue weighted by Gasteiger charge is 2.26. The number of rotatable bonds is 2. The Morgan fingerprint density at radius 1 is 1.36 bits per heavy atom. The van der Waals surface area contributed by atoms with Crippen LogP contribution in [0.1, 0.15) is 22.8 Å². The van der Waals surface area contributed by atoms with Crippen molar-refractivity contribution in [3.63, 3.8) is 0 Å². The molecule has 0 aliphatic carbocycles. The van der Waals surface area contributed by atoms with Crippen LogP contribution in [-0.4, -0.2) is 17.9 Å². The van der Waals surface area contributed by atoms with Crippen LogP contribution in [0, 0.1) is 0 Å². The summed E-state index contributed by atoms with van der Waals surface area (Å²) in [7, 11) is 0. The van der Waals surface area contributed by atoms with E-state index in [1.165, 1.54) is 16.7 Å². The fourth-order valence-electron chi connectivity index (χ4n) is 1.96. The van der Waals surface area contributed by atoms with Crippen LogP contribution in [0.5, 0.6) is 0 Å². The number of epoxide rings is 1. The third-order valence-corrected chi connectivity index (χ3v) is 2.83. The third-order valence-electron chi connectivity index (χ3n) is 2.83. The second-order valence-electron chi connectivity index (χ2n) is 3.86. The summed E-state index contributed by atoms with van der Waals surface area (Å²) < 4.78 is 5.22. The van der Waals surface area contributed by atoms with Crippen molar-refractivity contribution in [1.29, 1.82) is 0 Å². The molecule has 0 bridgehead atoms. The van der Waals surface area contributed by atoms with E-state index >= 15 is 0 Å². The first-order valence-corrected chi connectivity index (χ1v) is 4.79. The van der Waals surface area contributed by atoms with Crippen molar-refractivity contribution in [2.24, 2.45) is 0 Å². The first-order valence-electron chi connectivity index (χ1n) is 4.79. The summed E-state index contributed by atoms with van der Waals surface area (Å²) >= 11 is 0. The van der Waals surface area contributed by atoms with Crippen LogP contribution in [0.15, 0.2) is 18.2 Å². The maximum absolute atomic E-state index is 10.6. The Bertz CT molecular complexity index is 385. The molecule has 1 aromatic carbocycles. The Balaban J connectivity index is 1.93. The molecule has 2 aliphatic heterocycles. The Morgan fingerprint density at radius 3 is 2.86 bits per heavy atom. The fraction of sp³-hybridized carbons (Fsp3) is 0.364. The molecular formula is C11H11NO2. The van der Waals surface area contributed by atoms with Crippen LogP contribution in [0.25, 0.3) is 0 Å². The number of hydrogen-bond acceptors (Lipinski definition) is 2. The molecule has 1 aromatic rings. The molecule has 14 heavy (non-hydrogen) atoms. The quantitative estimate of drug-likeness (QED) is 0.518. The van der Waals surface area contributed by atoms with Gasteiger partial charge in [0.15, 0.2) is 0 Å². The molecule has 1 fully saturated rings. The van der Waals surface area contributed by atoms with Crippen molar-refractivity contribution < 1.29 is 9.53 Å². The largest absolute Gasteiger partial charge is 0.368 e. The molecule has 3 nitrogen and oxygen atoms in total. The van der Waals surface area contributed by atoms with Crippen molar-refractivity contribution in [2.45, 2.75) is 19.2 Å². The lowest BCUT2D eigenvalue weighted by molar-refractivity contribution is -0.118. The van der Waals surface area contributed by atoms with Gasteiger partial charge in [-0.05, 0) is 16.7 Å². The van der Waals surface area contributed by atoms with Crippen molar-refractivity contribution >= 4 is 6.41 Å². The Morgan fingerprint density at radius 2 is 2.14 bits per heavy atom. The smallest absolute Gasteiger partial charge is 0.210 e. The topological polar surface area (TPSA) is 32.8 Å². The van der Waals surface area contributed by atoms with Gasteiger partial charge in [-0.25, -0.2) is 0 Å². The average Bonchev–Trinajstić information content (AvgIpc) is 2.97. The number of nitrogens with zero attached hydrogens (tertiary/aromatic N) is 1. The molecule has 1 saturated heterocycles. The molecule has 2 aliphatic rings. The van der Waals surface area contributed by atoms with Gasteiger partial charge in [-0.1, -0.05) is 18.2 Å². The number of fused-ring (bicyclic) bond motifs is 1. The minimum atomic E-state index is 0.311. The van der Waals surface area contributed by atoms with Crippen LogP contribution in [0.2, 0.25) is 0 Å². The van der Waals surface area contributed by atoms with Crippen molar-refractivity contribution in [3.05, 3.63) is 34.9 Å². The fourth-order valence-corrected chi connectivity index (χ4v) is 1.96. The van der Waals surface area contributed by atoms with Gasteiger partial charge in [0.05, 0.1) is 6.61 Å². The van der Waals surface area contributed by atoms with Crippen molar-refractivity contribution in [3.8, 4) is 0 Å². The van der Waals surface area contributed by atoms with Gasteiger partial charge in [0.1, 0.15) is 6.10 Å². The van der Waals surface area contributed by atoms with Crippen LogP contribution in [0.3, 0.4) is 0 Å². The van der Waals surface area contributed by atoms with Crippen molar-refractivity contribution in [2.75, 3.05) is 6.61 Å². The zero-order valence-corrected chi connectivity index (χ0v) is 7.77. The molecule has 1 amide bonds. The van der Waals surface area contributed by atoms with E-state index in [1.807, 2.05) is 0 Å². The summed E-state index contributed by atoms with van der Waals surface area (Å²) in [6.45, 7) is 2.35. The SMILES string of the molecule is O=CN1Cc2ccc(C3CO3)cc2C1. The van der Waals surface area contributed by atoms with E-state index in [0.717, 1.165) is 26.1 Å². The van der Waals surface area contributed by atoms with E-state index < -0.39 is 0 Å². The normalized spacial score (nSPS) is 23.4. The second kappa shape index (κ2) is 2.82. The van der Waals surface area contributed by atoms with Crippen LogP contribution in [-0.2, 0) is 22.6 Å². The predicted molar refractivity (Wildman–Crippen MR) is 50.4 cm³/mol. The van der Waals surface area contributed by atoms with E-state index in [9.17, 15) is 4.79 Å². The molecule has 72 valence electrons. The van der Waals surface area contributed by atoms with Crippen molar-refractivity contribution in [1.82, 2.24) is 4.90 Å². The van der Waals surface area contributed by atoms with Gasteiger partial charge in [-0.15, -0.1) is 0 Å². The molecule has 3 rings (SSSR count). The standard InChI is InChI=1S/C11H11NO2/c13-7-12-4-9-2-1-8(11-6-14-11)3-10(9)5-12/h1-3,7,11H,4-6H2. The summed E-state index contributed by atoms with van der Waals surface area (Å²) in [5.74, 6) is 0. The number of amides is 1. The van der Waals surface area contributed by atoms with E-state index in [1.54, 1.807) is 4.90 Å². The number of carbonyl (C=O) groups is 1. The first kappa shape index (κ1) is 8.00. The molecule has 0 radical (unpaired) electrons. The average molecular weight is 189 g/mol. The lowest BCUT2D eigenvalue weighted by atomic mass is 10.0. The van der Waals surface area contributed by atoms with Gasteiger partial charge >= 0.3 is 0 Å². The Kier molecular flexibility index (Phi) is 1.61. The van der Waals surface area contributed by atoms with Gasteiger partial charge < -0.3 is 9.64 Å². The third kappa shape index (κ3) is 1.21. The molecule has 1 atom stereocenters. The Labute approximate surface area is 82.3 Å². The molecule has 2 heterocycles. The highest BCUT2D eigenvalue weighted by atomic mass is 16.6. The van der Waals surface area contributed by atoms with Gasteiger partial charge in [-0.3, -0.25) is 4.79 Å². The van der Waals surface area contributed by atoms with Gasteiger partial charge in [0.2, 0.25) is 6.41 Å².